The molecule has 0 spiro atoms. The first-order valence-electron chi connectivity index (χ1n) is 8.27. The fraction of sp³-hybridized carbons (Fsp3) is 0.875. The number of aliphatic carboxylic acids is 1. The molecule has 0 aromatic carbocycles. The smallest absolute Gasteiger partial charge is 0.306 e. The summed E-state index contributed by atoms with van der Waals surface area (Å²) in [5, 5.41) is 9.03. The van der Waals surface area contributed by atoms with Crippen LogP contribution in [0.5, 0.6) is 0 Å². The van der Waals surface area contributed by atoms with Crippen LogP contribution in [0.15, 0.2) is 0 Å². The van der Waals surface area contributed by atoms with Gasteiger partial charge in [0.05, 0.1) is 5.92 Å². The summed E-state index contributed by atoms with van der Waals surface area (Å²) in [4.78, 5) is 27.7. The molecule has 0 saturated heterocycles. The van der Waals surface area contributed by atoms with Gasteiger partial charge in [-0.2, -0.15) is 0 Å². The third-order valence-electron chi connectivity index (χ3n) is 4.62. The Hall–Kier alpha value is -1.10. The Morgan fingerprint density at radius 1 is 1.00 bits per heavy atom. The normalized spacial score (nSPS) is 21.7. The lowest BCUT2D eigenvalue weighted by molar-refractivity contribution is -0.141. The highest BCUT2D eigenvalue weighted by Crippen LogP contribution is 2.32. The first-order valence-corrected chi connectivity index (χ1v) is 8.27. The van der Waals surface area contributed by atoms with Crippen LogP contribution in [0, 0.1) is 11.8 Å². The van der Waals surface area contributed by atoms with Gasteiger partial charge in [0.2, 0.25) is 5.91 Å². The summed E-state index contributed by atoms with van der Waals surface area (Å²) in [5.74, 6) is -1.01. The molecule has 0 aliphatic heterocycles. The summed E-state index contributed by atoms with van der Waals surface area (Å²) in [6, 6.07) is 0. The van der Waals surface area contributed by atoms with Gasteiger partial charge in [-0.25, -0.2) is 0 Å². The van der Waals surface area contributed by atoms with E-state index in [1.54, 1.807) is 0 Å². The molecule has 1 amide bonds. The molecular weight excluding hydrogens is 268 g/mol. The van der Waals surface area contributed by atoms with Gasteiger partial charge < -0.3 is 14.9 Å². The average molecular weight is 298 g/mol. The number of carbonyl (C=O) groups excluding carboxylic acids is 1. The van der Waals surface area contributed by atoms with Crippen LogP contribution in [0.2, 0.25) is 0 Å². The quantitative estimate of drug-likeness (QED) is 0.708. The van der Waals surface area contributed by atoms with Crippen molar-refractivity contribution in [2.45, 2.75) is 46.5 Å². The minimum absolute atomic E-state index is 0.0838. The summed E-state index contributed by atoms with van der Waals surface area (Å²) in [5.41, 5.74) is 0. The number of rotatable bonds is 9. The SMILES string of the molecule is CCN(CC)CCCN(CC)C(=O)[C@@H]1CC[C@H](C(=O)O)C1. The standard InChI is InChI=1S/C16H30N2O3/c1-4-17(5-2)10-7-11-18(6-3)15(19)13-8-9-14(12-13)16(20)21/h13-14H,4-12H2,1-3H3,(H,20,21)/t13-,14+/m1/s1. The Morgan fingerprint density at radius 3 is 2.10 bits per heavy atom. The summed E-state index contributed by atoms with van der Waals surface area (Å²) >= 11 is 0. The molecule has 5 nitrogen and oxygen atoms in total. The predicted molar refractivity (Wildman–Crippen MR) is 83.1 cm³/mol. The molecule has 21 heavy (non-hydrogen) atoms. The van der Waals surface area contributed by atoms with E-state index in [0.717, 1.165) is 39.0 Å². The Balaban J connectivity index is 2.41. The number of nitrogens with zero attached hydrogens (tertiary/aromatic N) is 2. The first kappa shape index (κ1) is 18.0. The molecule has 0 aromatic heterocycles. The van der Waals surface area contributed by atoms with Gasteiger partial charge in [0.25, 0.3) is 0 Å². The Bertz CT molecular complexity index is 342. The molecule has 1 rings (SSSR count). The highest BCUT2D eigenvalue weighted by atomic mass is 16.4. The van der Waals surface area contributed by atoms with Gasteiger partial charge in [0, 0.05) is 19.0 Å². The predicted octanol–water partition coefficient (Wildman–Crippen LogP) is 2.07. The molecule has 0 radical (unpaired) electrons. The molecular formula is C16H30N2O3. The van der Waals surface area contributed by atoms with E-state index in [0.29, 0.717) is 19.4 Å². The monoisotopic (exact) mass is 298 g/mol. The molecule has 1 N–H and O–H groups in total. The second-order valence-electron chi connectivity index (χ2n) is 5.84. The van der Waals surface area contributed by atoms with Crippen molar-refractivity contribution in [3.05, 3.63) is 0 Å². The molecule has 1 saturated carbocycles. The van der Waals surface area contributed by atoms with Crippen LogP contribution >= 0.6 is 0 Å². The van der Waals surface area contributed by atoms with Crippen LogP contribution in [0.3, 0.4) is 0 Å². The fourth-order valence-electron chi connectivity index (χ4n) is 3.14. The maximum Gasteiger partial charge on any atom is 0.306 e. The van der Waals surface area contributed by atoms with E-state index in [1.165, 1.54) is 0 Å². The van der Waals surface area contributed by atoms with Crippen LogP contribution in [-0.2, 0) is 9.59 Å². The van der Waals surface area contributed by atoms with E-state index in [9.17, 15) is 9.59 Å². The van der Waals surface area contributed by atoms with Crippen molar-refractivity contribution in [1.82, 2.24) is 9.80 Å². The Kier molecular flexibility index (Phi) is 7.72. The van der Waals surface area contributed by atoms with Gasteiger partial charge >= 0.3 is 5.97 Å². The zero-order valence-electron chi connectivity index (χ0n) is 13.7. The van der Waals surface area contributed by atoms with Crippen molar-refractivity contribution in [2.24, 2.45) is 11.8 Å². The van der Waals surface area contributed by atoms with Crippen molar-refractivity contribution in [1.29, 1.82) is 0 Å². The lowest BCUT2D eigenvalue weighted by Gasteiger charge is -2.26. The van der Waals surface area contributed by atoms with E-state index in [4.69, 9.17) is 5.11 Å². The van der Waals surface area contributed by atoms with Gasteiger partial charge in [0.1, 0.15) is 0 Å². The van der Waals surface area contributed by atoms with Crippen LogP contribution < -0.4 is 0 Å². The van der Waals surface area contributed by atoms with E-state index in [2.05, 4.69) is 18.7 Å². The molecule has 1 aliphatic carbocycles. The van der Waals surface area contributed by atoms with Crippen molar-refractivity contribution in [2.75, 3.05) is 32.7 Å². The molecule has 5 heteroatoms. The van der Waals surface area contributed by atoms with Crippen molar-refractivity contribution in [3.63, 3.8) is 0 Å². The second kappa shape index (κ2) is 9.03. The lowest BCUT2D eigenvalue weighted by atomic mass is 10.0. The minimum atomic E-state index is -0.755. The fourth-order valence-corrected chi connectivity index (χ4v) is 3.14. The van der Waals surface area contributed by atoms with Gasteiger partial charge in [-0.1, -0.05) is 13.8 Å². The summed E-state index contributed by atoms with van der Waals surface area (Å²) in [6.07, 6.45) is 2.86. The summed E-state index contributed by atoms with van der Waals surface area (Å²) < 4.78 is 0. The van der Waals surface area contributed by atoms with Crippen LogP contribution in [-0.4, -0.2) is 59.5 Å². The zero-order chi connectivity index (χ0) is 15.8. The van der Waals surface area contributed by atoms with Gasteiger partial charge in [0.15, 0.2) is 0 Å². The summed E-state index contributed by atoms with van der Waals surface area (Å²) in [6.45, 7) is 10.9. The summed E-state index contributed by atoms with van der Waals surface area (Å²) in [7, 11) is 0. The number of carbonyl (C=O) groups is 2. The maximum atomic E-state index is 12.5. The topological polar surface area (TPSA) is 60.9 Å². The third kappa shape index (κ3) is 5.30. The van der Waals surface area contributed by atoms with Crippen LogP contribution in [0.4, 0.5) is 0 Å². The number of hydrogen-bond acceptors (Lipinski definition) is 3. The number of amides is 1. The number of carboxylic acids is 1. The van der Waals surface area contributed by atoms with Gasteiger partial charge in [-0.3, -0.25) is 9.59 Å². The van der Waals surface area contributed by atoms with Crippen LogP contribution in [0.25, 0.3) is 0 Å². The molecule has 122 valence electrons. The van der Waals surface area contributed by atoms with E-state index >= 15 is 0 Å². The molecule has 2 atom stereocenters. The average Bonchev–Trinajstić information content (AvgIpc) is 2.97. The maximum absolute atomic E-state index is 12.5. The van der Waals surface area contributed by atoms with E-state index in [-0.39, 0.29) is 17.7 Å². The lowest BCUT2D eigenvalue weighted by Crippen LogP contribution is -2.37. The minimum Gasteiger partial charge on any atom is -0.481 e. The molecule has 1 fully saturated rings. The largest absolute Gasteiger partial charge is 0.481 e. The molecule has 0 bridgehead atoms. The van der Waals surface area contributed by atoms with Crippen LogP contribution in [0.1, 0.15) is 46.5 Å². The van der Waals surface area contributed by atoms with E-state index < -0.39 is 5.97 Å². The van der Waals surface area contributed by atoms with Crippen molar-refractivity contribution in [3.8, 4) is 0 Å². The highest BCUT2D eigenvalue weighted by molar-refractivity contribution is 5.81. The van der Waals surface area contributed by atoms with Crippen molar-refractivity contribution < 1.29 is 14.7 Å². The number of carboxylic acid groups (broad SMARTS) is 1. The molecule has 0 aromatic rings. The van der Waals surface area contributed by atoms with E-state index in [1.807, 2.05) is 11.8 Å². The molecule has 0 unspecified atom stereocenters. The zero-order valence-corrected chi connectivity index (χ0v) is 13.7. The first-order chi connectivity index (χ1) is 10.0. The van der Waals surface area contributed by atoms with Gasteiger partial charge in [-0.15, -0.1) is 0 Å². The molecule has 0 heterocycles. The third-order valence-corrected chi connectivity index (χ3v) is 4.62. The van der Waals surface area contributed by atoms with Crippen molar-refractivity contribution >= 4 is 11.9 Å². The number of hydrogen-bond donors (Lipinski definition) is 1. The Morgan fingerprint density at radius 2 is 1.62 bits per heavy atom. The van der Waals surface area contributed by atoms with Gasteiger partial charge in [-0.05, 0) is 52.2 Å². The second-order valence-corrected chi connectivity index (χ2v) is 5.84. The molecule has 1 aliphatic rings. The highest BCUT2D eigenvalue weighted by Gasteiger charge is 2.35. The Labute approximate surface area is 128 Å².